The van der Waals surface area contributed by atoms with E-state index < -0.39 is 17.7 Å². The Morgan fingerprint density at radius 3 is 2.47 bits per heavy atom. The van der Waals surface area contributed by atoms with Crippen molar-refractivity contribution in [2.24, 2.45) is 5.92 Å². The zero-order valence-electron chi connectivity index (χ0n) is 18.4. The van der Waals surface area contributed by atoms with Gasteiger partial charge < -0.3 is 19.6 Å². The third-order valence-corrected chi connectivity index (χ3v) is 5.39. The summed E-state index contributed by atoms with van der Waals surface area (Å²) < 4.78 is 32.6. The van der Waals surface area contributed by atoms with Crippen molar-refractivity contribution >= 4 is 11.6 Å². The van der Waals surface area contributed by atoms with E-state index in [1.165, 1.54) is 4.90 Å². The molecule has 0 spiro atoms. The van der Waals surface area contributed by atoms with Crippen LogP contribution in [0.15, 0.2) is 12.1 Å². The summed E-state index contributed by atoms with van der Waals surface area (Å²) in [6.45, 7) is 5.45. The van der Waals surface area contributed by atoms with Gasteiger partial charge in [-0.25, -0.2) is 13.8 Å². The number of carbonyl (C=O) groups is 1. The number of anilines is 1. The maximum atomic E-state index is 13.4. The van der Waals surface area contributed by atoms with Gasteiger partial charge in [-0.2, -0.15) is 0 Å². The summed E-state index contributed by atoms with van der Waals surface area (Å²) in [6, 6.07) is 3.17. The fourth-order valence-corrected chi connectivity index (χ4v) is 3.19. The Morgan fingerprint density at radius 1 is 1.33 bits per heavy atom. The van der Waals surface area contributed by atoms with Crippen molar-refractivity contribution in [3.05, 3.63) is 17.8 Å². The van der Waals surface area contributed by atoms with E-state index in [-0.39, 0.29) is 37.1 Å². The Hall–Kier alpha value is -2.00. The lowest BCUT2D eigenvalue weighted by atomic mass is 10.0. The smallest absolute Gasteiger partial charge is 0.282 e. The van der Waals surface area contributed by atoms with E-state index in [4.69, 9.17) is 4.74 Å². The van der Waals surface area contributed by atoms with Crippen LogP contribution in [0.2, 0.25) is 0 Å². The molecule has 0 bridgehead atoms. The number of ether oxygens (including phenoxy) is 1. The first-order chi connectivity index (χ1) is 13.9. The van der Waals surface area contributed by atoms with Crippen LogP contribution in [0.3, 0.4) is 0 Å². The molecule has 2 fully saturated rings. The summed E-state index contributed by atoms with van der Waals surface area (Å²) >= 11 is 0. The van der Waals surface area contributed by atoms with Crippen LogP contribution in [-0.2, 0) is 0 Å². The lowest BCUT2D eigenvalue weighted by Crippen LogP contribution is -2.56. The monoisotopic (exact) mass is 426 g/mol. The lowest BCUT2D eigenvalue weighted by molar-refractivity contribution is -0.0265. The van der Waals surface area contributed by atoms with Crippen molar-refractivity contribution in [3.8, 4) is 5.88 Å². The Morgan fingerprint density at radius 2 is 1.97 bits per heavy atom. The molecule has 0 aromatic carbocycles. The highest BCUT2D eigenvalue weighted by Gasteiger charge is 2.45. The average Bonchev–Trinajstić information content (AvgIpc) is 3.44. The predicted octanol–water partition coefficient (Wildman–Crippen LogP) is 2.45. The zero-order valence-corrected chi connectivity index (χ0v) is 18.4. The largest absolute Gasteiger partial charge is 0.476 e. The molecule has 2 heterocycles. The molecule has 9 heteroatoms. The first kappa shape index (κ1) is 22.7. The molecule has 168 valence electrons. The van der Waals surface area contributed by atoms with Crippen molar-refractivity contribution in [3.63, 3.8) is 0 Å². The SMILES string of the molecule is CN(C)C(O)CN(C(=O)c1ccc(N2CC(F)(F)C2)c(OCC2CC2)n1)C(C)(C)C. The second kappa shape index (κ2) is 8.26. The molecule has 3 rings (SSSR count). The van der Waals surface area contributed by atoms with E-state index >= 15 is 0 Å². The molecule has 1 aromatic rings. The van der Waals surface area contributed by atoms with Crippen LogP contribution < -0.4 is 9.64 Å². The summed E-state index contributed by atoms with van der Waals surface area (Å²) in [5.74, 6) is -2.39. The summed E-state index contributed by atoms with van der Waals surface area (Å²) in [7, 11) is 3.46. The maximum Gasteiger partial charge on any atom is 0.282 e. The number of nitrogens with zero attached hydrogens (tertiary/aromatic N) is 4. The van der Waals surface area contributed by atoms with E-state index in [9.17, 15) is 18.7 Å². The van der Waals surface area contributed by atoms with Gasteiger partial charge in [0.2, 0.25) is 5.88 Å². The van der Waals surface area contributed by atoms with Crippen molar-refractivity contribution in [2.75, 3.05) is 45.2 Å². The van der Waals surface area contributed by atoms with E-state index in [1.54, 1.807) is 36.0 Å². The van der Waals surface area contributed by atoms with E-state index in [0.29, 0.717) is 18.2 Å². The number of amides is 1. The number of hydrogen-bond acceptors (Lipinski definition) is 6. The van der Waals surface area contributed by atoms with Gasteiger partial charge in [-0.15, -0.1) is 0 Å². The molecule has 1 aliphatic carbocycles. The number of β-amino-alcohol motifs (C(OH)–C–C–N with tert-alkyl or cyclic N) is 1. The number of likely N-dealkylation sites (N-methyl/N-ethyl adjacent to an activating group) is 1. The number of rotatable bonds is 8. The molecule has 1 amide bonds. The van der Waals surface area contributed by atoms with Crippen molar-refractivity contribution in [1.82, 2.24) is 14.8 Å². The molecule has 1 saturated carbocycles. The minimum absolute atomic E-state index is 0.107. The highest BCUT2D eigenvalue weighted by Crippen LogP contribution is 2.38. The second-order valence-corrected chi connectivity index (χ2v) is 9.52. The summed E-state index contributed by atoms with van der Waals surface area (Å²) in [5.41, 5.74) is 0.0923. The second-order valence-electron chi connectivity index (χ2n) is 9.52. The molecule has 7 nitrogen and oxygen atoms in total. The van der Waals surface area contributed by atoms with E-state index in [1.807, 2.05) is 20.8 Å². The highest BCUT2D eigenvalue weighted by atomic mass is 19.3. The fraction of sp³-hybridized carbons (Fsp3) is 0.714. The van der Waals surface area contributed by atoms with Gasteiger partial charge in [0, 0.05) is 5.54 Å². The van der Waals surface area contributed by atoms with Gasteiger partial charge >= 0.3 is 0 Å². The number of aliphatic hydroxyl groups excluding tert-OH is 1. The molecule has 1 unspecified atom stereocenters. The van der Waals surface area contributed by atoms with Crippen molar-refractivity contribution < 1.29 is 23.4 Å². The Labute approximate surface area is 176 Å². The lowest BCUT2D eigenvalue weighted by Gasteiger charge is -2.41. The normalized spacial score (nSPS) is 19.4. The van der Waals surface area contributed by atoms with Crippen LogP contribution in [0.5, 0.6) is 5.88 Å². The van der Waals surface area contributed by atoms with Crippen molar-refractivity contribution in [2.45, 2.75) is 51.3 Å². The van der Waals surface area contributed by atoms with Gasteiger partial charge in [0.25, 0.3) is 11.8 Å². The van der Waals surface area contributed by atoms with Crippen LogP contribution >= 0.6 is 0 Å². The number of aliphatic hydroxyl groups is 1. The first-order valence-corrected chi connectivity index (χ1v) is 10.3. The van der Waals surface area contributed by atoms with Crippen LogP contribution in [0.4, 0.5) is 14.5 Å². The van der Waals surface area contributed by atoms with Crippen LogP contribution in [0.1, 0.15) is 44.1 Å². The third kappa shape index (κ3) is 5.37. The molecular formula is C21H32F2N4O3. The number of alkyl halides is 2. The molecular weight excluding hydrogens is 394 g/mol. The first-order valence-electron chi connectivity index (χ1n) is 10.3. The van der Waals surface area contributed by atoms with E-state index in [2.05, 4.69) is 4.98 Å². The van der Waals surface area contributed by atoms with Gasteiger partial charge in [0.15, 0.2) is 0 Å². The highest BCUT2D eigenvalue weighted by molar-refractivity contribution is 5.93. The standard InChI is InChI=1S/C21H32F2N4O3/c1-20(2,3)27(10-17(28)25(4)5)19(29)15-8-9-16(26-12-21(22,23)13-26)18(24-15)30-11-14-6-7-14/h8-9,14,17,28H,6-7,10-13H2,1-5H3. The molecule has 30 heavy (non-hydrogen) atoms. The minimum Gasteiger partial charge on any atom is -0.476 e. The van der Waals surface area contributed by atoms with E-state index in [0.717, 1.165) is 12.8 Å². The number of aromatic nitrogens is 1. The molecule has 0 radical (unpaired) electrons. The number of hydrogen-bond donors (Lipinski definition) is 1. The Bertz CT molecular complexity index is 770. The molecule has 1 atom stereocenters. The van der Waals surface area contributed by atoms with Gasteiger partial charge in [0.1, 0.15) is 17.6 Å². The van der Waals surface area contributed by atoms with Gasteiger partial charge in [-0.05, 0) is 65.8 Å². The minimum atomic E-state index is -2.71. The summed E-state index contributed by atoms with van der Waals surface area (Å²) in [4.78, 5) is 22.4. The van der Waals surface area contributed by atoms with Gasteiger partial charge in [-0.3, -0.25) is 9.69 Å². The topological polar surface area (TPSA) is 69.1 Å². The Kier molecular flexibility index (Phi) is 6.25. The molecule has 1 saturated heterocycles. The number of carbonyl (C=O) groups excluding carboxylic acids is 1. The zero-order chi connectivity index (χ0) is 22.3. The fourth-order valence-electron chi connectivity index (χ4n) is 3.19. The molecule has 1 N–H and O–H groups in total. The Balaban J connectivity index is 1.85. The van der Waals surface area contributed by atoms with Crippen LogP contribution in [0, 0.1) is 5.92 Å². The van der Waals surface area contributed by atoms with Gasteiger partial charge in [0.05, 0.1) is 26.2 Å². The average molecular weight is 427 g/mol. The summed E-state index contributed by atoms with van der Waals surface area (Å²) in [6.07, 6.45) is 1.33. The maximum absolute atomic E-state index is 13.4. The molecule has 2 aliphatic rings. The quantitative estimate of drug-likeness (QED) is 0.644. The number of halogens is 2. The predicted molar refractivity (Wildman–Crippen MR) is 110 cm³/mol. The number of pyridine rings is 1. The molecule has 1 aromatic heterocycles. The van der Waals surface area contributed by atoms with Gasteiger partial charge in [-0.1, -0.05) is 0 Å². The van der Waals surface area contributed by atoms with Crippen LogP contribution in [0.25, 0.3) is 0 Å². The molecule has 1 aliphatic heterocycles. The van der Waals surface area contributed by atoms with Crippen LogP contribution in [-0.4, -0.2) is 83.8 Å². The summed E-state index contributed by atoms with van der Waals surface area (Å²) in [5, 5.41) is 10.3. The third-order valence-electron chi connectivity index (χ3n) is 5.39. The van der Waals surface area contributed by atoms with Crippen molar-refractivity contribution in [1.29, 1.82) is 0 Å².